The zero-order chi connectivity index (χ0) is 20.6. The summed E-state index contributed by atoms with van der Waals surface area (Å²) in [4.78, 5) is 32.1. The smallest absolute Gasteiger partial charge is 0.337 e. The molecule has 9 heteroatoms. The molecule has 0 spiro atoms. The van der Waals surface area contributed by atoms with Gasteiger partial charge in [0, 0.05) is 25.8 Å². The van der Waals surface area contributed by atoms with Crippen LogP contribution in [0, 0.1) is 5.92 Å². The third kappa shape index (κ3) is 4.58. The van der Waals surface area contributed by atoms with Crippen molar-refractivity contribution >= 4 is 11.8 Å². The van der Waals surface area contributed by atoms with Gasteiger partial charge in [0.25, 0.3) is 5.91 Å². The van der Waals surface area contributed by atoms with E-state index in [2.05, 4.69) is 4.98 Å². The summed E-state index contributed by atoms with van der Waals surface area (Å²) in [5, 5.41) is 0. The fraction of sp³-hybridized carbons (Fsp3) is 0.611. The van der Waals surface area contributed by atoms with Gasteiger partial charge in [-0.3, -0.25) is 14.6 Å². The molecule has 0 unspecified atom stereocenters. The number of hydrogen-bond acceptors (Lipinski definition) is 4. The van der Waals surface area contributed by atoms with E-state index in [-0.39, 0.29) is 24.1 Å². The lowest BCUT2D eigenvalue weighted by atomic mass is 9.96. The summed E-state index contributed by atoms with van der Waals surface area (Å²) in [5.41, 5.74) is 4.27. The second-order valence-corrected chi connectivity index (χ2v) is 7.73. The number of carbonyl (C=O) groups excluding carboxylic acids is 2. The van der Waals surface area contributed by atoms with Crippen molar-refractivity contribution in [3.8, 4) is 0 Å². The Hall–Kier alpha value is -2.16. The molecule has 1 atom stereocenters. The van der Waals surface area contributed by atoms with E-state index in [1.54, 1.807) is 18.7 Å². The Labute approximate surface area is 156 Å². The molecule has 0 bridgehead atoms. The van der Waals surface area contributed by atoms with Gasteiger partial charge in [-0.05, 0) is 31.9 Å². The van der Waals surface area contributed by atoms with Crippen LogP contribution < -0.4 is 5.73 Å². The Morgan fingerprint density at radius 1 is 1.22 bits per heavy atom. The predicted molar refractivity (Wildman–Crippen MR) is 93.7 cm³/mol. The van der Waals surface area contributed by atoms with Crippen molar-refractivity contribution in [2.24, 2.45) is 11.7 Å². The van der Waals surface area contributed by atoms with Crippen LogP contribution in [-0.2, 0) is 11.0 Å². The van der Waals surface area contributed by atoms with E-state index < -0.39 is 29.2 Å². The van der Waals surface area contributed by atoms with E-state index in [1.807, 2.05) is 13.8 Å². The fourth-order valence-corrected chi connectivity index (χ4v) is 3.04. The summed E-state index contributed by atoms with van der Waals surface area (Å²) in [7, 11) is 0. The molecule has 0 aliphatic carbocycles. The molecule has 2 heterocycles. The normalized spacial score (nSPS) is 18.6. The van der Waals surface area contributed by atoms with Gasteiger partial charge >= 0.3 is 6.18 Å². The first-order chi connectivity index (χ1) is 12.3. The Kier molecular flexibility index (Phi) is 5.84. The van der Waals surface area contributed by atoms with Gasteiger partial charge in [0.15, 0.2) is 0 Å². The second kappa shape index (κ2) is 7.46. The number of nitrogens with two attached hydrogens (primary N) is 1. The average Bonchev–Trinajstić information content (AvgIpc) is 2.58. The molecule has 2 N–H and O–H groups in total. The van der Waals surface area contributed by atoms with Crippen LogP contribution in [0.3, 0.4) is 0 Å². The zero-order valence-corrected chi connectivity index (χ0v) is 15.9. The standard InChI is InChI=1S/C18H25F3N4O2/c1-11(2)14(22)16(27)24-7-8-25(17(3,4)10-24)15(26)13-6-5-12(9-23-13)18(19,20)21/h5-6,9,11,14H,7-8,10,22H2,1-4H3/t14-/m0/s1. The summed E-state index contributed by atoms with van der Waals surface area (Å²) in [6, 6.07) is 1.31. The van der Waals surface area contributed by atoms with Crippen molar-refractivity contribution in [2.75, 3.05) is 19.6 Å². The third-order valence-corrected chi connectivity index (χ3v) is 4.77. The monoisotopic (exact) mass is 386 g/mol. The fourth-order valence-electron chi connectivity index (χ4n) is 3.04. The van der Waals surface area contributed by atoms with Crippen molar-refractivity contribution in [3.05, 3.63) is 29.6 Å². The van der Waals surface area contributed by atoms with Crippen LogP contribution in [0.4, 0.5) is 13.2 Å². The number of halogens is 3. The number of carbonyl (C=O) groups is 2. The molecule has 0 saturated carbocycles. The maximum atomic E-state index is 12.7. The molecule has 0 radical (unpaired) electrons. The molecule has 1 saturated heterocycles. The van der Waals surface area contributed by atoms with Crippen LogP contribution in [0.25, 0.3) is 0 Å². The lowest BCUT2D eigenvalue weighted by Gasteiger charge is -2.47. The first-order valence-electron chi connectivity index (χ1n) is 8.74. The van der Waals surface area contributed by atoms with Crippen molar-refractivity contribution in [3.63, 3.8) is 0 Å². The molecule has 27 heavy (non-hydrogen) atoms. The van der Waals surface area contributed by atoms with E-state index >= 15 is 0 Å². The first-order valence-corrected chi connectivity index (χ1v) is 8.74. The lowest BCUT2D eigenvalue weighted by molar-refractivity contribution is -0.138. The Balaban J connectivity index is 2.14. The molecule has 6 nitrogen and oxygen atoms in total. The number of pyridine rings is 1. The topological polar surface area (TPSA) is 79.5 Å². The molecule has 2 amide bonds. The lowest BCUT2D eigenvalue weighted by Crippen LogP contribution is -2.64. The minimum absolute atomic E-state index is 0.00313. The van der Waals surface area contributed by atoms with Gasteiger partial charge in [-0.2, -0.15) is 13.2 Å². The van der Waals surface area contributed by atoms with Gasteiger partial charge in [-0.1, -0.05) is 13.8 Å². The third-order valence-electron chi connectivity index (χ3n) is 4.77. The Morgan fingerprint density at radius 2 is 1.85 bits per heavy atom. The summed E-state index contributed by atoms with van der Waals surface area (Å²) >= 11 is 0. The predicted octanol–water partition coefficient (Wildman–Crippen LogP) is 2.15. The van der Waals surface area contributed by atoms with Gasteiger partial charge in [-0.25, -0.2) is 0 Å². The molecule has 0 aromatic carbocycles. The number of amides is 2. The highest BCUT2D eigenvalue weighted by atomic mass is 19.4. The van der Waals surface area contributed by atoms with E-state index in [1.165, 1.54) is 4.90 Å². The number of rotatable bonds is 3. The maximum absolute atomic E-state index is 12.7. The highest BCUT2D eigenvalue weighted by molar-refractivity contribution is 5.93. The summed E-state index contributed by atoms with van der Waals surface area (Å²) in [6.45, 7) is 8.19. The van der Waals surface area contributed by atoms with Crippen LogP contribution >= 0.6 is 0 Å². The minimum atomic E-state index is -4.50. The van der Waals surface area contributed by atoms with Crippen LogP contribution in [0.15, 0.2) is 18.3 Å². The van der Waals surface area contributed by atoms with Crippen LogP contribution in [0.1, 0.15) is 43.7 Å². The molecule has 1 aliphatic heterocycles. The van der Waals surface area contributed by atoms with Crippen molar-refractivity contribution in [1.29, 1.82) is 0 Å². The highest BCUT2D eigenvalue weighted by Gasteiger charge is 2.40. The van der Waals surface area contributed by atoms with Crippen LogP contribution in [-0.4, -0.2) is 57.8 Å². The largest absolute Gasteiger partial charge is 0.417 e. The SMILES string of the molecule is CC(C)[C@H](N)C(=O)N1CCN(C(=O)c2ccc(C(F)(F)F)cn2)C(C)(C)C1. The van der Waals surface area contributed by atoms with E-state index in [9.17, 15) is 22.8 Å². The number of hydrogen-bond donors (Lipinski definition) is 1. The molecular weight excluding hydrogens is 361 g/mol. The van der Waals surface area contributed by atoms with Crippen molar-refractivity contribution in [1.82, 2.24) is 14.8 Å². The number of alkyl halides is 3. The molecule has 1 fully saturated rings. The Morgan fingerprint density at radius 3 is 2.30 bits per heavy atom. The van der Waals surface area contributed by atoms with E-state index in [0.29, 0.717) is 19.3 Å². The summed E-state index contributed by atoms with van der Waals surface area (Å²) < 4.78 is 38.0. The van der Waals surface area contributed by atoms with Gasteiger partial charge in [0.1, 0.15) is 5.69 Å². The van der Waals surface area contributed by atoms with E-state index in [4.69, 9.17) is 5.73 Å². The second-order valence-electron chi connectivity index (χ2n) is 7.73. The number of aromatic nitrogens is 1. The van der Waals surface area contributed by atoms with Gasteiger partial charge < -0.3 is 15.5 Å². The van der Waals surface area contributed by atoms with Crippen LogP contribution in [0.5, 0.6) is 0 Å². The Bertz CT molecular complexity index is 702. The van der Waals surface area contributed by atoms with Crippen molar-refractivity contribution in [2.45, 2.75) is 45.5 Å². The van der Waals surface area contributed by atoms with Crippen molar-refractivity contribution < 1.29 is 22.8 Å². The molecule has 150 valence electrons. The molecule has 1 aliphatic rings. The molecule has 1 aromatic heterocycles. The summed E-state index contributed by atoms with van der Waals surface area (Å²) in [5.74, 6) is -0.636. The summed E-state index contributed by atoms with van der Waals surface area (Å²) in [6.07, 6.45) is -3.85. The first kappa shape index (κ1) is 21.1. The van der Waals surface area contributed by atoms with E-state index in [0.717, 1.165) is 12.1 Å². The number of piperazine rings is 1. The average molecular weight is 386 g/mol. The van der Waals surface area contributed by atoms with Gasteiger partial charge in [0.2, 0.25) is 5.91 Å². The number of nitrogens with zero attached hydrogens (tertiary/aromatic N) is 3. The quantitative estimate of drug-likeness (QED) is 0.863. The van der Waals surface area contributed by atoms with Gasteiger partial charge in [-0.15, -0.1) is 0 Å². The van der Waals surface area contributed by atoms with Crippen LogP contribution in [0.2, 0.25) is 0 Å². The zero-order valence-electron chi connectivity index (χ0n) is 15.9. The molecular formula is C18H25F3N4O2. The highest BCUT2D eigenvalue weighted by Crippen LogP contribution is 2.29. The molecule has 1 aromatic rings. The molecule has 2 rings (SSSR count). The van der Waals surface area contributed by atoms with Gasteiger partial charge in [0.05, 0.1) is 17.1 Å². The minimum Gasteiger partial charge on any atom is -0.337 e. The maximum Gasteiger partial charge on any atom is 0.417 e.